The maximum atomic E-state index is 11.8. The van der Waals surface area contributed by atoms with Crippen LogP contribution in [0, 0.1) is 0 Å². The molecule has 1 heterocycles. The van der Waals surface area contributed by atoms with Crippen molar-refractivity contribution in [1.82, 2.24) is 20.1 Å². The molecule has 0 aliphatic rings. The number of aromatic nitrogens is 3. The summed E-state index contributed by atoms with van der Waals surface area (Å²) in [5.74, 6) is -0.120. The average molecular weight is 275 g/mol. The quantitative estimate of drug-likeness (QED) is 0.664. The van der Waals surface area contributed by atoms with E-state index in [0.717, 1.165) is 5.56 Å². The molecule has 2 aromatic rings. The van der Waals surface area contributed by atoms with Gasteiger partial charge in [0, 0.05) is 0 Å². The van der Waals surface area contributed by atoms with Gasteiger partial charge in [-0.05, 0) is 12.0 Å². The van der Waals surface area contributed by atoms with Gasteiger partial charge in [-0.25, -0.2) is 9.67 Å². The maximum Gasteiger partial charge on any atom is 0.242 e. The number of nitrogens with one attached hydrogen (secondary N) is 1. The van der Waals surface area contributed by atoms with Crippen LogP contribution in [0.3, 0.4) is 0 Å². The van der Waals surface area contributed by atoms with Crippen molar-refractivity contribution in [2.24, 2.45) is 0 Å². The number of carbonyl (C=O) groups is 1. The largest absolute Gasteiger partial charge is 0.394 e. The van der Waals surface area contributed by atoms with Gasteiger partial charge in [0.15, 0.2) is 0 Å². The van der Waals surface area contributed by atoms with Crippen LogP contribution in [-0.4, -0.2) is 38.4 Å². The van der Waals surface area contributed by atoms with E-state index in [4.69, 9.17) is 5.73 Å². The Hall–Kier alpha value is -2.41. The predicted octanol–water partition coefficient (Wildman–Crippen LogP) is -0.420. The number of hydrogen-bond donors (Lipinski definition) is 3. The average Bonchev–Trinajstić information content (AvgIpc) is 2.84. The lowest BCUT2D eigenvalue weighted by Gasteiger charge is -2.16. The van der Waals surface area contributed by atoms with Crippen molar-refractivity contribution in [2.45, 2.75) is 19.0 Å². The minimum atomic E-state index is -0.328. The van der Waals surface area contributed by atoms with Crippen molar-refractivity contribution in [3.8, 4) is 0 Å². The summed E-state index contributed by atoms with van der Waals surface area (Å²) in [4.78, 5) is 15.6. The van der Waals surface area contributed by atoms with Gasteiger partial charge in [-0.1, -0.05) is 30.3 Å². The summed E-state index contributed by atoms with van der Waals surface area (Å²) in [6, 6.07) is 9.34. The van der Waals surface area contributed by atoms with Crippen molar-refractivity contribution in [3.05, 3.63) is 42.2 Å². The topological polar surface area (TPSA) is 106 Å². The zero-order valence-corrected chi connectivity index (χ0v) is 10.9. The first-order chi connectivity index (χ1) is 9.67. The van der Waals surface area contributed by atoms with Crippen LogP contribution in [0.4, 0.5) is 5.95 Å². The Kier molecular flexibility index (Phi) is 4.67. The van der Waals surface area contributed by atoms with Crippen LogP contribution < -0.4 is 11.1 Å². The molecule has 0 aliphatic carbocycles. The number of carbonyl (C=O) groups excluding carboxylic acids is 1. The summed E-state index contributed by atoms with van der Waals surface area (Å²) in [7, 11) is 0. The third kappa shape index (κ3) is 4.06. The Labute approximate surface area is 116 Å². The molecule has 7 nitrogen and oxygen atoms in total. The molecule has 1 unspecified atom stereocenters. The Balaban J connectivity index is 1.88. The Morgan fingerprint density at radius 2 is 2.15 bits per heavy atom. The highest BCUT2D eigenvalue weighted by molar-refractivity contribution is 5.76. The van der Waals surface area contributed by atoms with Crippen LogP contribution in [0.15, 0.2) is 36.7 Å². The number of nitrogens with two attached hydrogens (primary N) is 1. The molecule has 0 radical (unpaired) electrons. The van der Waals surface area contributed by atoms with Crippen LogP contribution in [0.25, 0.3) is 0 Å². The maximum absolute atomic E-state index is 11.8. The normalized spacial score (nSPS) is 12.1. The summed E-state index contributed by atoms with van der Waals surface area (Å²) in [6.45, 7) is -0.102. The second kappa shape index (κ2) is 6.67. The summed E-state index contributed by atoms with van der Waals surface area (Å²) in [5, 5.41) is 15.9. The van der Waals surface area contributed by atoms with E-state index in [2.05, 4.69) is 15.4 Å². The molecule has 1 aromatic heterocycles. The van der Waals surface area contributed by atoms with Gasteiger partial charge in [0.25, 0.3) is 0 Å². The van der Waals surface area contributed by atoms with E-state index in [-0.39, 0.29) is 31.0 Å². The minimum Gasteiger partial charge on any atom is -0.394 e. The highest BCUT2D eigenvalue weighted by Crippen LogP contribution is 2.03. The molecule has 0 spiro atoms. The number of aliphatic hydroxyl groups excluding tert-OH is 1. The fourth-order valence-electron chi connectivity index (χ4n) is 1.87. The lowest BCUT2D eigenvalue weighted by atomic mass is 10.1. The molecule has 0 saturated heterocycles. The first kappa shape index (κ1) is 14.0. The molecule has 1 atom stereocenters. The molecule has 106 valence electrons. The molecule has 0 bridgehead atoms. The molecule has 1 aromatic carbocycles. The SMILES string of the molecule is Nc1ncn(CC(=O)NC(CO)Cc2ccccc2)n1. The number of nitrogen functional groups attached to an aromatic ring is 1. The molecule has 7 heteroatoms. The molecule has 0 saturated carbocycles. The first-order valence-corrected chi connectivity index (χ1v) is 6.26. The van der Waals surface area contributed by atoms with Gasteiger partial charge in [-0.15, -0.1) is 5.10 Å². The van der Waals surface area contributed by atoms with Crippen LogP contribution in [0.1, 0.15) is 5.56 Å². The van der Waals surface area contributed by atoms with Crippen LogP contribution >= 0.6 is 0 Å². The van der Waals surface area contributed by atoms with Crippen molar-refractivity contribution < 1.29 is 9.90 Å². The summed E-state index contributed by atoms with van der Waals surface area (Å²) in [6.07, 6.45) is 1.96. The zero-order valence-electron chi connectivity index (χ0n) is 10.9. The number of hydrogen-bond acceptors (Lipinski definition) is 5. The number of amides is 1. The molecule has 2 rings (SSSR count). The van der Waals surface area contributed by atoms with E-state index >= 15 is 0 Å². The fraction of sp³-hybridized carbons (Fsp3) is 0.308. The van der Waals surface area contributed by atoms with Gasteiger partial charge in [0.2, 0.25) is 11.9 Å². The zero-order chi connectivity index (χ0) is 14.4. The van der Waals surface area contributed by atoms with Crippen LogP contribution in [0.5, 0.6) is 0 Å². The van der Waals surface area contributed by atoms with E-state index in [1.54, 1.807) is 0 Å². The van der Waals surface area contributed by atoms with Gasteiger partial charge >= 0.3 is 0 Å². The number of benzene rings is 1. The van der Waals surface area contributed by atoms with Gasteiger partial charge in [0.05, 0.1) is 12.6 Å². The predicted molar refractivity (Wildman–Crippen MR) is 73.6 cm³/mol. The van der Waals surface area contributed by atoms with Crippen molar-refractivity contribution in [2.75, 3.05) is 12.3 Å². The Bertz CT molecular complexity index is 555. The van der Waals surface area contributed by atoms with Crippen molar-refractivity contribution >= 4 is 11.9 Å². The molecule has 0 fully saturated rings. The number of nitrogens with zero attached hydrogens (tertiary/aromatic N) is 3. The third-order valence-electron chi connectivity index (χ3n) is 2.77. The molecule has 0 aliphatic heterocycles. The number of aliphatic hydroxyl groups is 1. The fourth-order valence-corrected chi connectivity index (χ4v) is 1.87. The van der Waals surface area contributed by atoms with Gasteiger partial charge in [-0.2, -0.15) is 0 Å². The third-order valence-corrected chi connectivity index (χ3v) is 2.77. The van der Waals surface area contributed by atoms with Crippen LogP contribution in [-0.2, 0) is 17.8 Å². The van der Waals surface area contributed by atoms with E-state index in [1.165, 1.54) is 11.0 Å². The summed E-state index contributed by atoms with van der Waals surface area (Å²) < 4.78 is 1.35. The highest BCUT2D eigenvalue weighted by Gasteiger charge is 2.13. The lowest BCUT2D eigenvalue weighted by Crippen LogP contribution is -2.40. The summed E-state index contributed by atoms with van der Waals surface area (Å²) in [5.41, 5.74) is 6.42. The van der Waals surface area contributed by atoms with E-state index < -0.39 is 0 Å². The van der Waals surface area contributed by atoms with E-state index in [0.29, 0.717) is 6.42 Å². The molecule has 20 heavy (non-hydrogen) atoms. The van der Waals surface area contributed by atoms with E-state index in [9.17, 15) is 9.90 Å². The number of anilines is 1. The Morgan fingerprint density at radius 1 is 1.40 bits per heavy atom. The number of rotatable bonds is 6. The lowest BCUT2D eigenvalue weighted by molar-refractivity contribution is -0.122. The van der Waals surface area contributed by atoms with Gasteiger partial charge in [0.1, 0.15) is 12.9 Å². The molecular formula is C13H17N5O2. The van der Waals surface area contributed by atoms with Gasteiger partial charge < -0.3 is 16.2 Å². The molecule has 4 N–H and O–H groups in total. The van der Waals surface area contributed by atoms with Crippen molar-refractivity contribution in [3.63, 3.8) is 0 Å². The monoisotopic (exact) mass is 275 g/mol. The minimum absolute atomic E-state index is 0.0233. The second-order valence-electron chi connectivity index (χ2n) is 4.44. The molecular weight excluding hydrogens is 258 g/mol. The van der Waals surface area contributed by atoms with Crippen molar-refractivity contribution in [1.29, 1.82) is 0 Å². The standard InChI is InChI=1S/C13H17N5O2/c14-13-15-9-18(17-13)7-12(20)16-11(8-19)6-10-4-2-1-3-5-10/h1-5,9,11,19H,6-8H2,(H2,14,17)(H,16,20). The molecule has 1 amide bonds. The second-order valence-corrected chi connectivity index (χ2v) is 4.44. The van der Waals surface area contributed by atoms with Crippen LogP contribution in [0.2, 0.25) is 0 Å². The first-order valence-electron chi connectivity index (χ1n) is 6.26. The Morgan fingerprint density at radius 3 is 2.75 bits per heavy atom. The van der Waals surface area contributed by atoms with E-state index in [1.807, 2.05) is 30.3 Å². The smallest absolute Gasteiger partial charge is 0.242 e. The highest BCUT2D eigenvalue weighted by atomic mass is 16.3. The summed E-state index contributed by atoms with van der Waals surface area (Å²) >= 11 is 0. The van der Waals surface area contributed by atoms with Gasteiger partial charge in [-0.3, -0.25) is 4.79 Å².